The van der Waals surface area contributed by atoms with E-state index >= 15 is 0 Å². The highest BCUT2D eigenvalue weighted by Crippen LogP contribution is 2.44. The predicted octanol–water partition coefficient (Wildman–Crippen LogP) is 4.06. The number of nitrogens with zero attached hydrogens (tertiary/aromatic N) is 2. The molecule has 4 rings (SSSR count). The van der Waals surface area contributed by atoms with Gasteiger partial charge >= 0.3 is 0 Å². The Morgan fingerprint density at radius 3 is 2.92 bits per heavy atom. The van der Waals surface area contributed by atoms with Gasteiger partial charge < -0.3 is 9.64 Å². The van der Waals surface area contributed by atoms with E-state index < -0.39 is 0 Å². The molecule has 1 amide bonds. The number of fused-ring (bicyclic) bond motifs is 2. The largest absolute Gasteiger partial charge is 0.371 e. The van der Waals surface area contributed by atoms with Gasteiger partial charge in [-0.25, -0.2) is 4.98 Å². The number of ether oxygens (including phenoxy) is 1. The lowest BCUT2D eigenvalue weighted by Crippen LogP contribution is -2.41. The SMILES string of the molecule is CC(C)N(C[C@H]1C[C@H]2C=C[C@H]1C2)C(=O)c1cnc([C@H]2CCCO2)s1. The van der Waals surface area contributed by atoms with Crippen LogP contribution in [0.15, 0.2) is 18.3 Å². The Balaban J connectivity index is 1.46. The van der Waals surface area contributed by atoms with Gasteiger partial charge in [-0.2, -0.15) is 0 Å². The molecular formula is C19H26N2O2S. The Bertz CT molecular complexity index is 633. The zero-order chi connectivity index (χ0) is 16.7. The van der Waals surface area contributed by atoms with E-state index in [-0.39, 0.29) is 18.1 Å². The lowest BCUT2D eigenvalue weighted by Gasteiger charge is -2.31. The van der Waals surface area contributed by atoms with Gasteiger partial charge in [0.15, 0.2) is 0 Å². The third-order valence-electron chi connectivity index (χ3n) is 5.67. The van der Waals surface area contributed by atoms with Gasteiger partial charge in [-0.05, 0) is 57.3 Å². The highest BCUT2D eigenvalue weighted by atomic mass is 32.1. The summed E-state index contributed by atoms with van der Waals surface area (Å²) in [6, 6.07) is 0.217. The normalized spacial score (nSPS) is 31.3. The van der Waals surface area contributed by atoms with Crippen LogP contribution in [0.25, 0.3) is 0 Å². The molecule has 0 spiro atoms. The molecule has 1 aromatic rings. The van der Waals surface area contributed by atoms with Gasteiger partial charge in [-0.1, -0.05) is 12.2 Å². The second-order valence-corrected chi connectivity index (χ2v) is 8.72. The average molecular weight is 346 g/mol. The van der Waals surface area contributed by atoms with Crippen molar-refractivity contribution in [2.45, 2.75) is 51.7 Å². The molecule has 2 aliphatic carbocycles. The lowest BCUT2D eigenvalue weighted by atomic mass is 9.92. The van der Waals surface area contributed by atoms with Crippen LogP contribution in [0.1, 0.15) is 60.3 Å². The molecule has 0 radical (unpaired) electrons. The first-order chi connectivity index (χ1) is 11.6. The minimum absolute atomic E-state index is 0.0970. The second-order valence-electron chi connectivity index (χ2n) is 7.66. The summed E-state index contributed by atoms with van der Waals surface area (Å²) in [5.74, 6) is 2.18. The number of hydrogen-bond acceptors (Lipinski definition) is 4. The van der Waals surface area contributed by atoms with Crippen molar-refractivity contribution in [3.8, 4) is 0 Å². The molecule has 2 fully saturated rings. The first-order valence-corrected chi connectivity index (χ1v) is 10.00. The number of carbonyl (C=O) groups excluding carboxylic acids is 1. The molecule has 24 heavy (non-hydrogen) atoms. The molecule has 0 unspecified atom stereocenters. The summed E-state index contributed by atoms with van der Waals surface area (Å²) in [7, 11) is 0. The van der Waals surface area contributed by atoms with Gasteiger partial charge in [0, 0.05) is 19.2 Å². The number of hydrogen-bond donors (Lipinski definition) is 0. The monoisotopic (exact) mass is 346 g/mol. The van der Waals surface area contributed by atoms with Crippen molar-refractivity contribution >= 4 is 17.2 Å². The summed E-state index contributed by atoms with van der Waals surface area (Å²) in [4.78, 5) is 20.3. The molecule has 130 valence electrons. The Morgan fingerprint density at radius 2 is 2.29 bits per heavy atom. The zero-order valence-electron chi connectivity index (χ0n) is 14.5. The molecule has 3 aliphatic rings. The standard InChI is InChI=1S/C19H26N2O2S/c1-12(2)21(11-15-9-13-5-6-14(15)8-13)19(22)17-10-20-18(24-17)16-4-3-7-23-16/h5-6,10,12-16H,3-4,7-9,11H2,1-2H3/t13-,14-,15+,16+/m0/s1. The average Bonchev–Trinajstić information content (AvgIpc) is 3.35. The van der Waals surface area contributed by atoms with Crippen LogP contribution < -0.4 is 0 Å². The van der Waals surface area contributed by atoms with Crippen molar-refractivity contribution in [3.05, 3.63) is 28.2 Å². The van der Waals surface area contributed by atoms with E-state index in [9.17, 15) is 4.79 Å². The third-order valence-corrected chi connectivity index (χ3v) is 6.75. The number of rotatable bonds is 5. The highest BCUT2D eigenvalue weighted by Gasteiger charge is 2.38. The Hall–Kier alpha value is -1.20. The van der Waals surface area contributed by atoms with E-state index in [1.807, 2.05) is 4.90 Å². The van der Waals surface area contributed by atoms with Crippen LogP contribution in [0.5, 0.6) is 0 Å². The van der Waals surface area contributed by atoms with Gasteiger partial charge in [0.1, 0.15) is 16.0 Å². The van der Waals surface area contributed by atoms with Gasteiger partial charge in [0.05, 0.1) is 6.20 Å². The Labute approximate surface area is 147 Å². The molecule has 2 bridgehead atoms. The van der Waals surface area contributed by atoms with E-state index in [0.29, 0.717) is 11.8 Å². The minimum Gasteiger partial charge on any atom is -0.371 e. The van der Waals surface area contributed by atoms with Crippen molar-refractivity contribution in [2.75, 3.05) is 13.2 Å². The molecule has 0 N–H and O–H groups in total. The lowest BCUT2D eigenvalue weighted by molar-refractivity contribution is 0.0666. The van der Waals surface area contributed by atoms with Gasteiger partial charge in [0.25, 0.3) is 5.91 Å². The van der Waals surface area contributed by atoms with E-state index in [0.717, 1.165) is 41.8 Å². The number of thiazole rings is 1. The van der Waals surface area contributed by atoms with Crippen molar-refractivity contribution in [1.82, 2.24) is 9.88 Å². The molecule has 1 aromatic heterocycles. The highest BCUT2D eigenvalue weighted by molar-refractivity contribution is 7.13. The molecule has 1 aliphatic heterocycles. The molecular weight excluding hydrogens is 320 g/mol. The smallest absolute Gasteiger partial charge is 0.265 e. The molecule has 1 saturated carbocycles. The summed E-state index contributed by atoms with van der Waals surface area (Å²) >= 11 is 1.52. The van der Waals surface area contributed by atoms with Crippen molar-refractivity contribution in [2.24, 2.45) is 17.8 Å². The van der Waals surface area contributed by atoms with E-state index in [4.69, 9.17) is 4.74 Å². The van der Waals surface area contributed by atoms with Crippen LogP contribution in [0.2, 0.25) is 0 Å². The predicted molar refractivity (Wildman–Crippen MR) is 95.1 cm³/mol. The van der Waals surface area contributed by atoms with Crippen molar-refractivity contribution in [1.29, 1.82) is 0 Å². The molecule has 0 aromatic carbocycles. The number of amides is 1. The molecule has 4 atom stereocenters. The number of carbonyl (C=O) groups is 1. The van der Waals surface area contributed by atoms with Crippen molar-refractivity contribution in [3.63, 3.8) is 0 Å². The fourth-order valence-corrected chi connectivity index (χ4v) is 5.29. The number of allylic oxidation sites excluding steroid dienone is 2. The van der Waals surface area contributed by atoms with Crippen LogP contribution in [0, 0.1) is 17.8 Å². The topological polar surface area (TPSA) is 42.4 Å². The minimum atomic E-state index is 0.0970. The Morgan fingerprint density at radius 1 is 1.42 bits per heavy atom. The van der Waals surface area contributed by atoms with Gasteiger partial charge in [-0.15, -0.1) is 11.3 Å². The third kappa shape index (κ3) is 3.04. The summed E-state index contributed by atoms with van der Waals surface area (Å²) < 4.78 is 5.70. The van der Waals surface area contributed by atoms with Gasteiger partial charge in [0.2, 0.25) is 0 Å². The number of aromatic nitrogens is 1. The second kappa shape index (κ2) is 6.60. The summed E-state index contributed by atoms with van der Waals surface area (Å²) in [5, 5.41) is 0.961. The maximum Gasteiger partial charge on any atom is 0.265 e. The molecule has 2 heterocycles. The maximum atomic E-state index is 13.0. The summed E-state index contributed by atoms with van der Waals surface area (Å²) in [6.07, 6.45) is 11.2. The molecule has 5 heteroatoms. The van der Waals surface area contributed by atoms with Crippen LogP contribution in [-0.4, -0.2) is 35.0 Å². The van der Waals surface area contributed by atoms with Crippen molar-refractivity contribution < 1.29 is 9.53 Å². The van der Waals surface area contributed by atoms with E-state index in [2.05, 4.69) is 31.0 Å². The van der Waals surface area contributed by atoms with Crippen LogP contribution in [0.3, 0.4) is 0 Å². The first-order valence-electron chi connectivity index (χ1n) is 9.18. The van der Waals surface area contributed by atoms with E-state index in [1.165, 1.54) is 24.2 Å². The first kappa shape index (κ1) is 16.3. The Kier molecular flexibility index (Phi) is 4.48. The maximum absolute atomic E-state index is 13.0. The fraction of sp³-hybridized carbons (Fsp3) is 0.684. The summed E-state index contributed by atoms with van der Waals surface area (Å²) in [5.41, 5.74) is 0. The van der Waals surface area contributed by atoms with Gasteiger partial charge in [-0.3, -0.25) is 4.79 Å². The molecule has 4 nitrogen and oxygen atoms in total. The summed E-state index contributed by atoms with van der Waals surface area (Å²) in [6.45, 7) is 5.91. The van der Waals surface area contributed by atoms with Crippen LogP contribution in [-0.2, 0) is 4.74 Å². The fourth-order valence-electron chi connectivity index (χ4n) is 4.33. The zero-order valence-corrected chi connectivity index (χ0v) is 15.3. The quantitative estimate of drug-likeness (QED) is 0.755. The molecule has 1 saturated heterocycles. The van der Waals surface area contributed by atoms with Crippen LogP contribution in [0.4, 0.5) is 0 Å². The van der Waals surface area contributed by atoms with E-state index in [1.54, 1.807) is 6.20 Å². The van der Waals surface area contributed by atoms with Crippen LogP contribution >= 0.6 is 11.3 Å².